The van der Waals surface area contributed by atoms with Crippen LogP contribution in [0.2, 0.25) is 5.02 Å². The van der Waals surface area contributed by atoms with E-state index in [0.717, 1.165) is 61.8 Å². The number of amides is 2. The molecule has 2 aromatic rings. The van der Waals surface area contributed by atoms with Crippen LogP contribution in [-0.4, -0.2) is 28.1 Å². The third-order valence-electron chi connectivity index (χ3n) is 6.08. The highest BCUT2D eigenvalue weighted by Crippen LogP contribution is 2.30. The predicted octanol–water partition coefficient (Wildman–Crippen LogP) is 3.55. The lowest BCUT2D eigenvalue weighted by molar-refractivity contribution is -0.119. The molecule has 1 fully saturated rings. The van der Waals surface area contributed by atoms with Gasteiger partial charge in [-0.2, -0.15) is 5.10 Å². The maximum absolute atomic E-state index is 12.6. The maximum Gasteiger partial charge on any atom is 0.272 e. The molecule has 4 rings (SSSR count). The van der Waals surface area contributed by atoms with Crippen LogP contribution >= 0.6 is 11.6 Å². The van der Waals surface area contributed by atoms with E-state index in [9.17, 15) is 9.59 Å². The zero-order valence-electron chi connectivity index (χ0n) is 16.5. The number of rotatable bonds is 7. The van der Waals surface area contributed by atoms with Gasteiger partial charge in [-0.05, 0) is 62.1 Å². The highest BCUT2D eigenvalue weighted by atomic mass is 35.5. The molecule has 0 radical (unpaired) electrons. The van der Waals surface area contributed by atoms with Gasteiger partial charge in [0.1, 0.15) is 0 Å². The standard InChI is InChI=1S/C22H27ClN4O2/c23-16-7-4-15(5-8-16)13-24-22(29)21-18-10-6-14(12-19(18)26-27-21)2-1-3-17-9-11-20(28)25-17/h4-5,7-8,14,17H,1-3,6,9-13H2,(H,24,29)(H,25,28)(H,26,27)/t14?,17-/m0/s1. The summed E-state index contributed by atoms with van der Waals surface area (Å²) in [6.45, 7) is 0.456. The molecule has 0 saturated carbocycles. The van der Waals surface area contributed by atoms with E-state index in [1.165, 1.54) is 0 Å². The van der Waals surface area contributed by atoms with Gasteiger partial charge in [0, 0.05) is 35.3 Å². The Labute approximate surface area is 175 Å². The van der Waals surface area contributed by atoms with Gasteiger partial charge in [0.05, 0.1) is 0 Å². The summed E-state index contributed by atoms with van der Waals surface area (Å²) in [5, 5.41) is 14.1. The smallest absolute Gasteiger partial charge is 0.272 e. The van der Waals surface area contributed by atoms with Gasteiger partial charge in [-0.25, -0.2) is 0 Å². The van der Waals surface area contributed by atoms with Gasteiger partial charge >= 0.3 is 0 Å². The quantitative estimate of drug-likeness (QED) is 0.647. The summed E-state index contributed by atoms with van der Waals surface area (Å²) >= 11 is 5.90. The number of nitrogens with one attached hydrogen (secondary N) is 3. The molecule has 154 valence electrons. The number of nitrogens with zero attached hydrogens (tertiary/aromatic N) is 1. The molecule has 1 aliphatic heterocycles. The summed E-state index contributed by atoms with van der Waals surface area (Å²) in [5.74, 6) is 0.676. The van der Waals surface area contributed by atoms with Crippen LogP contribution < -0.4 is 10.6 Å². The molecule has 1 aromatic carbocycles. The van der Waals surface area contributed by atoms with Gasteiger partial charge in [-0.3, -0.25) is 14.7 Å². The molecule has 1 unspecified atom stereocenters. The Kier molecular flexibility index (Phi) is 6.19. The number of hydrogen-bond donors (Lipinski definition) is 3. The first kappa shape index (κ1) is 20.0. The van der Waals surface area contributed by atoms with E-state index in [1.54, 1.807) is 0 Å². The van der Waals surface area contributed by atoms with Crippen LogP contribution in [0.5, 0.6) is 0 Å². The monoisotopic (exact) mass is 414 g/mol. The minimum absolute atomic E-state index is 0.132. The lowest BCUT2D eigenvalue weighted by Gasteiger charge is -2.22. The third kappa shape index (κ3) is 4.99. The molecule has 1 aromatic heterocycles. The molecule has 1 saturated heterocycles. The molecule has 3 N–H and O–H groups in total. The fourth-order valence-electron chi connectivity index (χ4n) is 4.43. The first-order valence-electron chi connectivity index (χ1n) is 10.5. The minimum Gasteiger partial charge on any atom is -0.353 e. The van der Waals surface area contributed by atoms with Crippen molar-refractivity contribution in [3.63, 3.8) is 0 Å². The van der Waals surface area contributed by atoms with Crippen molar-refractivity contribution in [2.45, 2.75) is 64.0 Å². The predicted molar refractivity (Wildman–Crippen MR) is 112 cm³/mol. The Bertz CT molecular complexity index is 877. The van der Waals surface area contributed by atoms with Gasteiger partial charge < -0.3 is 10.6 Å². The number of aromatic nitrogens is 2. The molecule has 0 spiro atoms. The number of carbonyl (C=O) groups excluding carboxylic acids is 2. The Morgan fingerprint density at radius 3 is 2.76 bits per heavy atom. The lowest BCUT2D eigenvalue weighted by Crippen LogP contribution is -2.26. The Balaban J connectivity index is 1.26. The van der Waals surface area contributed by atoms with Crippen LogP contribution in [0.4, 0.5) is 0 Å². The van der Waals surface area contributed by atoms with Crippen LogP contribution in [0.1, 0.15) is 65.8 Å². The second kappa shape index (κ2) is 8.99. The molecule has 2 amide bonds. The van der Waals surface area contributed by atoms with E-state index >= 15 is 0 Å². The first-order valence-corrected chi connectivity index (χ1v) is 10.8. The van der Waals surface area contributed by atoms with Crippen molar-refractivity contribution in [3.05, 3.63) is 51.8 Å². The lowest BCUT2D eigenvalue weighted by atomic mass is 9.83. The molecule has 2 aliphatic rings. The van der Waals surface area contributed by atoms with Crippen molar-refractivity contribution in [3.8, 4) is 0 Å². The van der Waals surface area contributed by atoms with Gasteiger partial charge in [0.2, 0.25) is 5.91 Å². The Morgan fingerprint density at radius 1 is 1.17 bits per heavy atom. The Hall–Kier alpha value is -2.34. The van der Waals surface area contributed by atoms with Crippen LogP contribution in [-0.2, 0) is 24.2 Å². The highest BCUT2D eigenvalue weighted by Gasteiger charge is 2.27. The second-order valence-corrected chi connectivity index (χ2v) is 8.62. The number of fused-ring (bicyclic) bond motifs is 1. The molecular weight excluding hydrogens is 388 g/mol. The molecule has 6 nitrogen and oxygen atoms in total. The number of halogens is 1. The van der Waals surface area contributed by atoms with Crippen LogP contribution in [0, 0.1) is 5.92 Å². The summed E-state index contributed by atoms with van der Waals surface area (Å²) in [5.41, 5.74) is 3.71. The van der Waals surface area contributed by atoms with Crippen molar-refractivity contribution in [1.82, 2.24) is 20.8 Å². The molecule has 2 heterocycles. The summed E-state index contributed by atoms with van der Waals surface area (Å²) in [4.78, 5) is 23.9. The van der Waals surface area contributed by atoms with Crippen molar-refractivity contribution in [2.24, 2.45) is 5.92 Å². The molecule has 1 aliphatic carbocycles. The third-order valence-corrected chi connectivity index (χ3v) is 6.33. The summed E-state index contributed by atoms with van der Waals surface area (Å²) in [7, 11) is 0. The summed E-state index contributed by atoms with van der Waals surface area (Å²) in [6, 6.07) is 7.82. The van der Waals surface area contributed by atoms with Crippen LogP contribution in [0.3, 0.4) is 0 Å². The van der Waals surface area contributed by atoms with Crippen molar-refractivity contribution < 1.29 is 9.59 Å². The zero-order valence-corrected chi connectivity index (χ0v) is 17.2. The van der Waals surface area contributed by atoms with E-state index in [2.05, 4.69) is 20.8 Å². The fourth-order valence-corrected chi connectivity index (χ4v) is 4.55. The number of benzene rings is 1. The van der Waals surface area contributed by atoms with Gasteiger partial charge in [0.25, 0.3) is 5.91 Å². The number of aromatic amines is 1. The number of H-pyrrole nitrogens is 1. The average molecular weight is 415 g/mol. The van der Waals surface area contributed by atoms with E-state index < -0.39 is 0 Å². The Morgan fingerprint density at radius 2 is 2.00 bits per heavy atom. The average Bonchev–Trinajstić information content (AvgIpc) is 3.33. The molecule has 7 heteroatoms. The molecular formula is C22H27ClN4O2. The summed E-state index contributed by atoms with van der Waals surface area (Å²) < 4.78 is 0. The minimum atomic E-state index is -0.132. The van der Waals surface area contributed by atoms with Crippen molar-refractivity contribution in [2.75, 3.05) is 0 Å². The molecule has 0 bridgehead atoms. The first-order chi connectivity index (χ1) is 14.1. The van der Waals surface area contributed by atoms with Crippen LogP contribution in [0.25, 0.3) is 0 Å². The van der Waals surface area contributed by atoms with E-state index in [-0.39, 0.29) is 11.8 Å². The van der Waals surface area contributed by atoms with Gasteiger partial charge in [0.15, 0.2) is 5.69 Å². The zero-order chi connectivity index (χ0) is 20.2. The van der Waals surface area contributed by atoms with E-state index in [4.69, 9.17) is 11.6 Å². The SMILES string of the molecule is O=C1CC[C@H](CCCC2CCc3c(C(=O)NCc4ccc(Cl)cc4)n[nH]c3C2)N1. The van der Waals surface area contributed by atoms with Gasteiger partial charge in [-0.1, -0.05) is 30.2 Å². The molecule has 29 heavy (non-hydrogen) atoms. The van der Waals surface area contributed by atoms with Crippen molar-refractivity contribution in [1.29, 1.82) is 0 Å². The van der Waals surface area contributed by atoms with E-state index in [0.29, 0.717) is 35.6 Å². The fraction of sp³-hybridized carbons (Fsp3) is 0.500. The largest absolute Gasteiger partial charge is 0.353 e. The number of carbonyl (C=O) groups is 2. The van der Waals surface area contributed by atoms with E-state index in [1.807, 2.05) is 24.3 Å². The van der Waals surface area contributed by atoms with Gasteiger partial charge in [-0.15, -0.1) is 0 Å². The highest BCUT2D eigenvalue weighted by molar-refractivity contribution is 6.30. The maximum atomic E-state index is 12.6. The molecule has 2 atom stereocenters. The second-order valence-electron chi connectivity index (χ2n) is 8.18. The van der Waals surface area contributed by atoms with Crippen molar-refractivity contribution >= 4 is 23.4 Å². The summed E-state index contributed by atoms with van der Waals surface area (Å²) in [6.07, 6.45) is 7.93. The number of hydrogen-bond acceptors (Lipinski definition) is 3. The van der Waals surface area contributed by atoms with Crippen LogP contribution in [0.15, 0.2) is 24.3 Å². The normalized spacial score (nSPS) is 20.9. The topological polar surface area (TPSA) is 86.9 Å².